The van der Waals surface area contributed by atoms with Crippen LogP contribution in [-0.2, 0) is 9.59 Å². The van der Waals surface area contributed by atoms with Crippen LogP contribution < -0.4 is 5.32 Å². The van der Waals surface area contributed by atoms with Crippen LogP contribution in [0.1, 0.15) is 27.1 Å². The Kier molecular flexibility index (Phi) is 5.96. The summed E-state index contributed by atoms with van der Waals surface area (Å²) in [5.41, 5.74) is -0.0840. The first-order valence-electron chi connectivity index (χ1n) is 8.79. The van der Waals surface area contributed by atoms with E-state index in [9.17, 15) is 33.1 Å². The molecule has 30 heavy (non-hydrogen) atoms. The fourth-order valence-electron chi connectivity index (χ4n) is 2.96. The molecule has 1 aliphatic rings. The SMILES string of the molecule is O=C1C=CC(C(NC(=O)c2ccc(F)cc2)C(=O)O)=C(C(=O)c2ccc(F)cc2)C1. The van der Waals surface area contributed by atoms with E-state index in [4.69, 9.17) is 0 Å². The van der Waals surface area contributed by atoms with Gasteiger partial charge in [0.2, 0.25) is 0 Å². The predicted molar refractivity (Wildman–Crippen MR) is 102 cm³/mol. The van der Waals surface area contributed by atoms with E-state index in [2.05, 4.69) is 5.32 Å². The average Bonchev–Trinajstić information content (AvgIpc) is 2.72. The highest BCUT2D eigenvalue weighted by atomic mass is 19.1. The van der Waals surface area contributed by atoms with Gasteiger partial charge >= 0.3 is 5.97 Å². The Labute approximate surface area is 169 Å². The molecule has 0 radical (unpaired) electrons. The number of aliphatic carboxylic acids is 1. The summed E-state index contributed by atoms with van der Waals surface area (Å²) in [4.78, 5) is 49.0. The van der Waals surface area contributed by atoms with Crippen LogP contribution in [0.5, 0.6) is 0 Å². The molecule has 1 unspecified atom stereocenters. The van der Waals surface area contributed by atoms with E-state index in [0.29, 0.717) is 0 Å². The first kappa shape index (κ1) is 20.8. The zero-order valence-corrected chi connectivity index (χ0v) is 15.4. The van der Waals surface area contributed by atoms with Gasteiger partial charge in [0.15, 0.2) is 17.6 Å². The van der Waals surface area contributed by atoms with Gasteiger partial charge < -0.3 is 10.4 Å². The molecule has 0 saturated heterocycles. The van der Waals surface area contributed by atoms with E-state index < -0.39 is 41.1 Å². The van der Waals surface area contributed by atoms with Gasteiger partial charge in [-0.3, -0.25) is 14.4 Å². The normalized spacial score (nSPS) is 14.4. The zero-order valence-electron chi connectivity index (χ0n) is 15.4. The summed E-state index contributed by atoms with van der Waals surface area (Å²) >= 11 is 0. The highest BCUT2D eigenvalue weighted by Gasteiger charge is 2.31. The number of amides is 1. The number of carbonyl (C=O) groups excluding carboxylic acids is 3. The standard InChI is InChI=1S/C22H15F2NO5/c23-14-5-1-12(2-6-14)20(27)18-11-16(26)9-10-17(18)19(22(29)30)25-21(28)13-3-7-15(24)8-4-13/h1-10,19H,11H2,(H,25,28)(H,29,30). The van der Waals surface area contributed by atoms with Crippen LogP contribution in [0.25, 0.3) is 0 Å². The van der Waals surface area contributed by atoms with Crippen molar-refractivity contribution in [2.45, 2.75) is 12.5 Å². The average molecular weight is 411 g/mol. The number of benzene rings is 2. The van der Waals surface area contributed by atoms with Crippen LogP contribution in [0, 0.1) is 11.6 Å². The molecule has 0 fully saturated rings. The molecule has 0 aromatic heterocycles. The Morgan fingerprint density at radius 1 is 0.867 bits per heavy atom. The molecule has 152 valence electrons. The van der Waals surface area contributed by atoms with Gasteiger partial charge in [-0.15, -0.1) is 0 Å². The van der Waals surface area contributed by atoms with Gasteiger partial charge in [0.1, 0.15) is 11.6 Å². The third kappa shape index (κ3) is 4.54. The quantitative estimate of drug-likeness (QED) is 0.712. The van der Waals surface area contributed by atoms with Crippen molar-refractivity contribution in [1.82, 2.24) is 5.32 Å². The van der Waals surface area contributed by atoms with E-state index in [1.807, 2.05) is 0 Å². The second-order valence-electron chi connectivity index (χ2n) is 6.50. The maximum absolute atomic E-state index is 13.2. The molecule has 2 N–H and O–H groups in total. The molecular formula is C22H15F2NO5. The number of carboxylic acid groups (broad SMARTS) is 1. The van der Waals surface area contributed by atoms with Crippen molar-refractivity contribution in [2.75, 3.05) is 0 Å². The highest BCUT2D eigenvalue weighted by molar-refractivity contribution is 6.15. The molecule has 8 heteroatoms. The van der Waals surface area contributed by atoms with Crippen molar-refractivity contribution in [3.05, 3.63) is 94.6 Å². The lowest BCUT2D eigenvalue weighted by atomic mass is 9.87. The molecule has 3 rings (SSSR count). The lowest BCUT2D eigenvalue weighted by molar-refractivity contribution is -0.138. The highest BCUT2D eigenvalue weighted by Crippen LogP contribution is 2.25. The summed E-state index contributed by atoms with van der Waals surface area (Å²) in [5.74, 6) is -4.44. The van der Waals surface area contributed by atoms with Crippen LogP contribution >= 0.6 is 0 Å². The summed E-state index contributed by atoms with van der Waals surface area (Å²) in [6, 6.07) is 7.41. The Bertz CT molecular complexity index is 1090. The Morgan fingerprint density at radius 3 is 1.93 bits per heavy atom. The lowest BCUT2D eigenvalue weighted by Crippen LogP contribution is -2.43. The molecule has 2 aromatic carbocycles. The van der Waals surface area contributed by atoms with Crippen LogP contribution in [0.2, 0.25) is 0 Å². The number of nitrogens with one attached hydrogen (secondary N) is 1. The van der Waals surface area contributed by atoms with E-state index in [1.54, 1.807) is 0 Å². The molecule has 0 spiro atoms. The number of hydrogen-bond donors (Lipinski definition) is 2. The molecule has 1 atom stereocenters. The van der Waals surface area contributed by atoms with Gasteiger partial charge in [-0.05, 0) is 60.2 Å². The second-order valence-corrected chi connectivity index (χ2v) is 6.50. The van der Waals surface area contributed by atoms with E-state index >= 15 is 0 Å². The Hall–Kier alpha value is -3.94. The molecule has 0 saturated carbocycles. The minimum Gasteiger partial charge on any atom is -0.479 e. The van der Waals surface area contributed by atoms with Crippen molar-refractivity contribution in [1.29, 1.82) is 0 Å². The second kappa shape index (κ2) is 8.60. The predicted octanol–water partition coefficient (Wildman–Crippen LogP) is 2.86. The topological polar surface area (TPSA) is 101 Å². The number of hydrogen-bond acceptors (Lipinski definition) is 4. The van der Waals surface area contributed by atoms with Gasteiger partial charge in [-0.25, -0.2) is 13.6 Å². The number of ketones is 2. The van der Waals surface area contributed by atoms with Crippen LogP contribution in [0.3, 0.4) is 0 Å². The number of rotatable bonds is 6. The van der Waals surface area contributed by atoms with Gasteiger partial charge in [0, 0.05) is 23.1 Å². The summed E-state index contributed by atoms with van der Waals surface area (Å²) in [5, 5.41) is 11.9. The monoisotopic (exact) mass is 411 g/mol. The van der Waals surface area contributed by atoms with Gasteiger partial charge in [-0.1, -0.05) is 6.08 Å². The van der Waals surface area contributed by atoms with Crippen molar-refractivity contribution < 1.29 is 33.1 Å². The van der Waals surface area contributed by atoms with Crippen molar-refractivity contribution in [3.8, 4) is 0 Å². The molecule has 1 amide bonds. The van der Waals surface area contributed by atoms with Crippen molar-refractivity contribution in [3.63, 3.8) is 0 Å². The summed E-state index contributed by atoms with van der Waals surface area (Å²) in [6.45, 7) is 0. The first-order chi connectivity index (χ1) is 14.3. The van der Waals surface area contributed by atoms with Gasteiger partial charge in [0.25, 0.3) is 5.91 Å². The largest absolute Gasteiger partial charge is 0.479 e. The number of Topliss-reactive ketones (excluding diaryl/α,β-unsaturated/α-hetero) is 1. The van der Waals surface area contributed by atoms with Crippen molar-refractivity contribution in [2.24, 2.45) is 0 Å². The third-order valence-corrected chi connectivity index (χ3v) is 4.47. The molecule has 2 aromatic rings. The summed E-state index contributed by atoms with van der Waals surface area (Å²) in [7, 11) is 0. The lowest BCUT2D eigenvalue weighted by Gasteiger charge is -2.21. The van der Waals surface area contributed by atoms with E-state index in [0.717, 1.165) is 30.3 Å². The number of allylic oxidation sites excluding steroid dienone is 2. The Balaban J connectivity index is 1.98. The minimum atomic E-state index is -1.63. The fraction of sp³-hybridized carbons (Fsp3) is 0.0909. The fourth-order valence-corrected chi connectivity index (χ4v) is 2.96. The molecule has 0 bridgehead atoms. The van der Waals surface area contributed by atoms with E-state index in [-0.39, 0.29) is 28.7 Å². The van der Waals surface area contributed by atoms with Crippen LogP contribution in [0.15, 0.2) is 71.8 Å². The van der Waals surface area contributed by atoms with Crippen molar-refractivity contribution >= 4 is 23.4 Å². The third-order valence-electron chi connectivity index (χ3n) is 4.47. The molecular weight excluding hydrogens is 396 g/mol. The molecule has 0 aliphatic heterocycles. The van der Waals surface area contributed by atoms with Gasteiger partial charge in [0.05, 0.1) is 0 Å². The minimum absolute atomic E-state index is 0.0190. The summed E-state index contributed by atoms with van der Waals surface area (Å²) in [6.07, 6.45) is 1.93. The molecule has 1 aliphatic carbocycles. The summed E-state index contributed by atoms with van der Waals surface area (Å²) < 4.78 is 26.2. The number of halogens is 2. The maximum Gasteiger partial charge on any atom is 0.330 e. The van der Waals surface area contributed by atoms with E-state index in [1.165, 1.54) is 30.3 Å². The molecule has 0 heterocycles. The zero-order chi connectivity index (χ0) is 21.8. The smallest absolute Gasteiger partial charge is 0.330 e. The first-order valence-corrected chi connectivity index (χ1v) is 8.79. The number of carbonyl (C=O) groups is 4. The van der Waals surface area contributed by atoms with Gasteiger partial charge in [-0.2, -0.15) is 0 Å². The van der Waals surface area contributed by atoms with Crippen LogP contribution in [0.4, 0.5) is 8.78 Å². The maximum atomic E-state index is 13.2. The molecule has 6 nitrogen and oxygen atoms in total. The Morgan fingerprint density at radius 2 is 1.40 bits per heavy atom. The number of carboxylic acids is 1. The van der Waals surface area contributed by atoms with Crippen LogP contribution in [-0.4, -0.2) is 34.6 Å².